The second kappa shape index (κ2) is 7.28. The van der Waals surface area contributed by atoms with Gasteiger partial charge in [-0.05, 0) is 34.4 Å². The maximum absolute atomic E-state index is 4.51. The van der Waals surface area contributed by atoms with E-state index in [1.807, 2.05) is 7.05 Å². The van der Waals surface area contributed by atoms with Crippen LogP contribution in [-0.4, -0.2) is 55.1 Å². The molecule has 0 amide bonds. The molecule has 0 spiro atoms. The highest BCUT2D eigenvalue weighted by atomic mass is 15.2. The van der Waals surface area contributed by atoms with Crippen LogP contribution in [0.4, 0.5) is 11.6 Å². The molecule has 1 aromatic heterocycles. The lowest BCUT2D eigenvalue weighted by Gasteiger charge is -2.32. The first-order valence-electron chi connectivity index (χ1n) is 6.98. The van der Waals surface area contributed by atoms with E-state index < -0.39 is 0 Å². The van der Waals surface area contributed by atoms with Crippen LogP contribution in [0.2, 0.25) is 0 Å². The van der Waals surface area contributed by atoms with E-state index >= 15 is 0 Å². The van der Waals surface area contributed by atoms with Gasteiger partial charge in [0, 0.05) is 31.7 Å². The highest BCUT2D eigenvalue weighted by molar-refractivity contribution is 5.59. The molecule has 0 aliphatic heterocycles. The van der Waals surface area contributed by atoms with Crippen LogP contribution in [0.25, 0.3) is 0 Å². The summed E-state index contributed by atoms with van der Waals surface area (Å²) < 4.78 is 0. The van der Waals surface area contributed by atoms with Crippen molar-refractivity contribution >= 4 is 11.6 Å². The molecule has 0 aromatic carbocycles. The lowest BCUT2D eigenvalue weighted by molar-refractivity contribution is 0.372. The minimum absolute atomic E-state index is 0.421. The summed E-state index contributed by atoms with van der Waals surface area (Å²) in [6.07, 6.45) is 2.57. The standard InChI is InChI=1S/C14H27N5/c1-7-12-13(15-4)16-10-17-14(12)19(8-2)11(3)9-18(5)6/h10-11H,7-9H2,1-6H3,(H,15,16,17). The number of anilines is 2. The lowest BCUT2D eigenvalue weighted by Crippen LogP contribution is -2.41. The maximum atomic E-state index is 4.51. The molecule has 0 fully saturated rings. The van der Waals surface area contributed by atoms with Crippen molar-refractivity contribution in [1.82, 2.24) is 14.9 Å². The molecular formula is C14H27N5. The van der Waals surface area contributed by atoms with E-state index in [-0.39, 0.29) is 0 Å². The molecule has 1 aromatic rings. The molecule has 5 heteroatoms. The number of aromatic nitrogens is 2. The Hall–Kier alpha value is -1.36. The zero-order chi connectivity index (χ0) is 14.4. The highest BCUT2D eigenvalue weighted by Crippen LogP contribution is 2.25. The van der Waals surface area contributed by atoms with Gasteiger partial charge in [-0.2, -0.15) is 0 Å². The number of hydrogen-bond acceptors (Lipinski definition) is 5. The van der Waals surface area contributed by atoms with E-state index in [1.54, 1.807) is 6.33 Å². The molecule has 0 saturated heterocycles. The summed E-state index contributed by atoms with van der Waals surface area (Å²) in [4.78, 5) is 13.4. The third kappa shape index (κ3) is 3.80. The fraction of sp³-hybridized carbons (Fsp3) is 0.714. The monoisotopic (exact) mass is 265 g/mol. The molecular weight excluding hydrogens is 238 g/mol. The summed E-state index contributed by atoms with van der Waals surface area (Å²) in [5.74, 6) is 1.99. The van der Waals surface area contributed by atoms with Crippen LogP contribution in [0.1, 0.15) is 26.3 Å². The van der Waals surface area contributed by atoms with Crippen LogP contribution in [-0.2, 0) is 6.42 Å². The largest absolute Gasteiger partial charge is 0.373 e. The van der Waals surface area contributed by atoms with Crippen molar-refractivity contribution in [3.8, 4) is 0 Å². The normalized spacial score (nSPS) is 12.6. The van der Waals surface area contributed by atoms with E-state index in [1.165, 1.54) is 5.56 Å². The van der Waals surface area contributed by atoms with Crippen LogP contribution in [0.5, 0.6) is 0 Å². The first-order chi connectivity index (χ1) is 9.04. The molecule has 19 heavy (non-hydrogen) atoms. The summed E-state index contributed by atoms with van der Waals surface area (Å²) in [6, 6.07) is 0.421. The third-order valence-electron chi connectivity index (χ3n) is 3.29. The Kier molecular flexibility index (Phi) is 6.02. The molecule has 0 saturated carbocycles. The highest BCUT2D eigenvalue weighted by Gasteiger charge is 2.19. The van der Waals surface area contributed by atoms with Crippen LogP contribution < -0.4 is 10.2 Å². The number of nitrogens with zero attached hydrogens (tertiary/aromatic N) is 4. The van der Waals surface area contributed by atoms with Gasteiger partial charge in [0.2, 0.25) is 0 Å². The van der Waals surface area contributed by atoms with Gasteiger partial charge in [0.05, 0.1) is 0 Å². The van der Waals surface area contributed by atoms with Gasteiger partial charge in [-0.3, -0.25) is 0 Å². The van der Waals surface area contributed by atoms with Crippen molar-refractivity contribution < 1.29 is 0 Å². The molecule has 0 aliphatic rings. The molecule has 1 heterocycles. The maximum Gasteiger partial charge on any atom is 0.137 e. The first kappa shape index (κ1) is 15.7. The predicted molar refractivity (Wildman–Crippen MR) is 82.0 cm³/mol. The molecule has 0 bridgehead atoms. The summed E-state index contributed by atoms with van der Waals surface area (Å²) >= 11 is 0. The minimum Gasteiger partial charge on any atom is -0.373 e. The Morgan fingerprint density at radius 3 is 2.42 bits per heavy atom. The zero-order valence-electron chi connectivity index (χ0n) is 13.1. The average molecular weight is 265 g/mol. The fourth-order valence-corrected chi connectivity index (χ4v) is 2.49. The summed E-state index contributed by atoms with van der Waals surface area (Å²) in [5, 5.41) is 3.16. The van der Waals surface area contributed by atoms with Crippen molar-refractivity contribution in [2.45, 2.75) is 33.2 Å². The lowest BCUT2D eigenvalue weighted by atomic mass is 10.1. The smallest absolute Gasteiger partial charge is 0.137 e. The Bertz CT molecular complexity index is 391. The van der Waals surface area contributed by atoms with Gasteiger partial charge in [0.15, 0.2) is 0 Å². The molecule has 1 rings (SSSR count). The van der Waals surface area contributed by atoms with E-state index in [0.29, 0.717) is 6.04 Å². The molecule has 1 unspecified atom stereocenters. The first-order valence-corrected chi connectivity index (χ1v) is 6.98. The minimum atomic E-state index is 0.421. The van der Waals surface area contributed by atoms with Gasteiger partial charge in [-0.1, -0.05) is 6.92 Å². The molecule has 1 atom stereocenters. The number of rotatable bonds is 7. The number of likely N-dealkylation sites (N-methyl/N-ethyl adjacent to an activating group) is 2. The van der Waals surface area contributed by atoms with Crippen LogP contribution >= 0.6 is 0 Å². The SMILES string of the molecule is CCc1c(NC)ncnc1N(CC)C(C)CN(C)C. The van der Waals surface area contributed by atoms with E-state index in [2.05, 4.69) is 60.0 Å². The summed E-state index contributed by atoms with van der Waals surface area (Å²) in [5.41, 5.74) is 1.19. The molecule has 108 valence electrons. The second-order valence-electron chi connectivity index (χ2n) is 5.03. The Labute approximate surface area is 117 Å². The van der Waals surface area contributed by atoms with Gasteiger partial charge in [-0.25, -0.2) is 9.97 Å². The molecule has 0 aliphatic carbocycles. The number of hydrogen-bond donors (Lipinski definition) is 1. The Morgan fingerprint density at radius 2 is 1.95 bits per heavy atom. The Morgan fingerprint density at radius 1 is 1.26 bits per heavy atom. The van der Waals surface area contributed by atoms with Crippen LogP contribution in [0, 0.1) is 0 Å². The summed E-state index contributed by atoms with van der Waals surface area (Å²) in [7, 11) is 6.11. The van der Waals surface area contributed by atoms with Gasteiger partial charge in [-0.15, -0.1) is 0 Å². The number of nitrogens with one attached hydrogen (secondary N) is 1. The quantitative estimate of drug-likeness (QED) is 0.815. The van der Waals surface area contributed by atoms with E-state index in [0.717, 1.165) is 31.1 Å². The van der Waals surface area contributed by atoms with Crippen molar-refractivity contribution in [2.24, 2.45) is 0 Å². The van der Waals surface area contributed by atoms with E-state index in [9.17, 15) is 0 Å². The average Bonchev–Trinajstić information content (AvgIpc) is 2.38. The zero-order valence-corrected chi connectivity index (χ0v) is 13.1. The molecule has 0 radical (unpaired) electrons. The van der Waals surface area contributed by atoms with Crippen LogP contribution in [0.3, 0.4) is 0 Å². The summed E-state index contributed by atoms with van der Waals surface area (Å²) in [6.45, 7) is 8.52. The fourth-order valence-electron chi connectivity index (χ4n) is 2.49. The van der Waals surface area contributed by atoms with Crippen molar-refractivity contribution in [2.75, 3.05) is 44.4 Å². The molecule has 5 nitrogen and oxygen atoms in total. The van der Waals surface area contributed by atoms with E-state index in [4.69, 9.17) is 0 Å². The topological polar surface area (TPSA) is 44.3 Å². The van der Waals surface area contributed by atoms with Gasteiger partial charge >= 0.3 is 0 Å². The van der Waals surface area contributed by atoms with Crippen molar-refractivity contribution in [3.05, 3.63) is 11.9 Å². The third-order valence-corrected chi connectivity index (χ3v) is 3.29. The predicted octanol–water partition coefficient (Wildman–Crippen LogP) is 1.86. The van der Waals surface area contributed by atoms with Gasteiger partial charge in [0.1, 0.15) is 18.0 Å². The van der Waals surface area contributed by atoms with Crippen molar-refractivity contribution in [3.63, 3.8) is 0 Å². The Balaban J connectivity index is 3.10. The van der Waals surface area contributed by atoms with Gasteiger partial charge in [0.25, 0.3) is 0 Å². The van der Waals surface area contributed by atoms with Crippen molar-refractivity contribution in [1.29, 1.82) is 0 Å². The molecule has 1 N–H and O–H groups in total. The second-order valence-corrected chi connectivity index (χ2v) is 5.03. The van der Waals surface area contributed by atoms with Gasteiger partial charge < -0.3 is 15.1 Å². The van der Waals surface area contributed by atoms with Crippen LogP contribution in [0.15, 0.2) is 6.33 Å².